The predicted octanol–water partition coefficient (Wildman–Crippen LogP) is 2.34. The molecule has 2 aliphatic rings. The zero-order valence-corrected chi connectivity index (χ0v) is 22.8. The lowest BCUT2D eigenvalue weighted by Gasteiger charge is -2.37. The largest absolute Gasteiger partial charge is 0.337 e. The minimum absolute atomic E-state index is 0.128. The molecule has 2 aliphatic heterocycles. The van der Waals surface area contributed by atoms with Gasteiger partial charge >= 0.3 is 0 Å². The van der Waals surface area contributed by atoms with Gasteiger partial charge in [0.15, 0.2) is 11.7 Å². The van der Waals surface area contributed by atoms with Gasteiger partial charge in [-0.15, -0.1) is 15.7 Å². The molecule has 10 nitrogen and oxygen atoms in total. The number of amides is 1. The molecule has 0 spiro atoms. The van der Waals surface area contributed by atoms with Crippen molar-refractivity contribution in [2.24, 2.45) is 22.2 Å². The second-order valence-electron chi connectivity index (χ2n) is 9.60. The average molecular weight is 571 g/mol. The maximum atomic E-state index is 13.5. The molecule has 1 amide bonds. The van der Waals surface area contributed by atoms with Gasteiger partial charge in [0.1, 0.15) is 21.5 Å². The lowest BCUT2D eigenvalue weighted by Crippen LogP contribution is -2.55. The summed E-state index contributed by atoms with van der Waals surface area (Å²) in [7, 11) is -7.90. The van der Waals surface area contributed by atoms with Crippen molar-refractivity contribution in [3.63, 3.8) is 0 Å². The maximum absolute atomic E-state index is 13.5. The monoisotopic (exact) mass is 570 g/mol. The van der Waals surface area contributed by atoms with Crippen LogP contribution in [-0.4, -0.2) is 52.1 Å². The van der Waals surface area contributed by atoms with Gasteiger partial charge in [-0.2, -0.15) is 8.42 Å². The van der Waals surface area contributed by atoms with E-state index in [1.54, 1.807) is 12.1 Å². The van der Waals surface area contributed by atoms with Crippen molar-refractivity contribution in [1.82, 2.24) is 9.62 Å². The fourth-order valence-electron chi connectivity index (χ4n) is 4.47. The highest BCUT2D eigenvalue weighted by atomic mass is 32.2. The highest BCUT2D eigenvalue weighted by molar-refractivity contribution is 7.91. The van der Waals surface area contributed by atoms with Crippen molar-refractivity contribution in [3.05, 3.63) is 46.6 Å². The summed E-state index contributed by atoms with van der Waals surface area (Å²) in [6.07, 6.45) is 1.45. The molecule has 3 heterocycles. The van der Waals surface area contributed by atoms with Gasteiger partial charge in [-0.1, -0.05) is 26.0 Å². The van der Waals surface area contributed by atoms with E-state index in [0.29, 0.717) is 12.0 Å². The van der Waals surface area contributed by atoms with Crippen molar-refractivity contribution in [1.29, 1.82) is 0 Å². The van der Waals surface area contributed by atoms with Crippen LogP contribution >= 0.6 is 11.3 Å². The third-order valence-electron chi connectivity index (χ3n) is 6.06. The van der Waals surface area contributed by atoms with Gasteiger partial charge in [0, 0.05) is 31.1 Å². The van der Waals surface area contributed by atoms with E-state index >= 15 is 0 Å². The number of fused-ring (bicyclic) bond motifs is 1. The molecule has 1 saturated heterocycles. The average Bonchev–Trinajstić information content (AvgIpc) is 3.20. The van der Waals surface area contributed by atoms with Crippen LogP contribution in [0, 0.1) is 23.6 Å². The Balaban J connectivity index is 1.67. The number of Topliss-reactive ketones (excluding diaryl/α,β-unsaturated/α-hetero) is 1. The van der Waals surface area contributed by atoms with Crippen molar-refractivity contribution in [2.75, 3.05) is 18.1 Å². The molecule has 0 aliphatic carbocycles. The fraction of sp³-hybridized carbons (Fsp3) is 0.435. The number of sulfonamides is 2. The zero-order chi connectivity index (χ0) is 27.1. The van der Waals surface area contributed by atoms with E-state index in [1.165, 1.54) is 22.4 Å². The molecular formula is C23H27FN4O6S3. The number of hydrogen-bond donors (Lipinski definition) is 2. The summed E-state index contributed by atoms with van der Waals surface area (Å²) in [5, 5.41) is 4.50. The minimum Gasteiger partial charge on any atom is -0.337 e. The number of benzene rings is 1. The normalized spacial score (nSPS) is 21.5. The van der Waals surface area contributed by atoms with Gasteiger partial charge in [-0.25, -0.2) is 17.5 Å². The molecule has 0 radical (unpaired) electrons. The Labute approximate surface area is 219 Å². The Hall–Kier alpha value is -2.68. The van der Waals surface area contributed by atoms with E-state index in [0.717, 1.165) is 17.6 Å². The first kappa shape index (κ1) is 27.4. The summed E-state index contributed by atoms with van der Waals surface area (Å²) in [5.41, 5.74) is 0.874. The third kappa shape index (κ3) is 6.08. The number of thiophene rings is 1. The Morgan fingerprint density at radius 1 is 1.24 bits per heavy atom. The van der Waals surface area contributed by atoms with Gasteiger partial charge in [0.05, 0.1) is 6.26 Å². The summed E-state index contributed by atoms with van der Waals surface area (Å²) in [6.45, 7) is 3.94. The molecule has 2 aromatic rings. The lowest BCUT2D eigenvalue weighted by atomic mass is 9.81. The van der Waals surface area contributed by atoms with E-state index < -0.39 is 49.4 Å². The molecule has 200 valence electrons. The lowest BCUT2D eigenvalue weighted by molar-refractivity contribution is -0.147. The number of carbonyl (C=O) groups excluding carboxylic acids is 2. The van der Waals surface area contributed by atoms with Crippen LogP contribution < -0.4 is 10.0 Å². The SMILES string of the molecule is CC(C)CC1CN(Cc2ccc(F)cc2)C(=O)C(C2=NS(=O)(=O)c3c(CNS(C)(=O)=O)csc3N2)C1=O. The number of ketones is 1. The standard InChI is InChI=1S/C23H27FN4O6S3/c1-13(2)8-15-11-28(10-14-4-6-17(24)7-5-14)23(30)18(19(15)29)21-26-22-20(37(33,34)27-21)16(12-35-22)9-25-36(3,31)32/h4-7,12-13,15,18,25H,8-11H2,1-3H3,(H,26,27). The van der Waals surface area contributed by atoms with E-state index in [-0.39, 0.29) is 46.8 Å². The van der Waals surface area contributed by atoms with Crippen LogP contribution in [0.2, 0.25) is 0 Å². The quantitative estimate of drug-likeness (QED) is 0.464. The number of piperidine rings is 1. The first-order valence-corrected chi connectivity index (χ1v) is 15.7. The first-order chi connectivity index (χ1) is 17.2. The number of anilines is 1. The van der Waals surface area contributed by atoms with Crippen molar-refractivity contribution in [3.8, 4) is 0 Å². The van der Waals surface area contributed by atoms with Gasteiger partial charge in [-0.05, 0) is 35.4 Å². The number of hydrogen-bond acceptors (Lipinski definition) is 8. The molecule has 2 atom stereocenters. The number of nitrogens with one attached hydrogen (secondary N) is 2. The molecule has 2 unspecified atom stereocenters. The summed E-state index contributed by atoms with van der Waals surface area (Å²) in [5.74, 6) is -3.51. The smallest absolute Gasteiger partial charge is 0.287 e. The third-order valence-corrected chi connectivity index (χ3v) is 9.22. The molecule has 1 aromatic heterocycles. The number of halogens is 1. The Morgan fingerprint density at radius 2 is 1.92 bits per heavy atom. The molecule has 4 rings (SSSR count). The summed E-state index contributed by atoms with van der Waals surface area (Å²) in [4.78, 5) is 28.3. The van der Waals surface area contributed by atoms with E-state index in [1.807, 2.05) is 13.8 Å². The van der Waals surface area contributed by atoms with Crippen LogP contribution in [0.3, 0.4) is 0 Å². The van der Waals surface area contributed by atoms with Gasteiger partial charge in [0.2, 0.25) is 15.9 Å². The number of carbonyl (C=O) groups is 2. The molecule has 2 N–H and O–H groups in total. The van der Waals surface area contributed by atoms with Crippen LogP contribution in [0.5, 0.6) is 0 Å². The number of likely N-dealkylation sites (tertiary alicyclic amines) is 1. The van der Waals surface area contributed by atoms with Crippen LogP contribution in [0.4, 0.5) is 9.39 Å². The Kier molecular flexibility index (Phi) is 7.57. The van der Waals surface area contributed by atoms with Crippen LogP contribution in [0.25, 0.3) is 0 Å². The summed E-state index contributed by atoms with van der Waals surface area (Å²) in [6, 6.07) is 5.67. The second kappa shape index (κ2) is 10.2. The summed E-state index contributed by atoms with van der Waals surface area (Å²) < 4.78 is 68.7. The Bertz CT molecular complexity index is 1470. The minimum atomic E-state index is -4.33. The second-order valence-corrected chi connectivity index (χ2v) is 13.8. The summed E-state index contributed by atoms with van der Waals surface area (Å²) >= 11 is 1.01. The molecular weight excluding hydrogens is 543 g/mol. The molecule has 37 heavy (non-hydrogen) atoms. The van der Waals surface area contributed by atoms with Crippen LogP contribution in [0.1, 0.15) is 31.4 Å². The first-order valence-electron chi connectivity index (χ1n) is 11.5. The Morgan fingerprint density at radius 3 is 2.54 bits per heavy atom. The number of nitrogens with zero attached hydrogens (tertiary/aromatic N) is 2. The molecule has 1 fully saturated rings. The molecule has 1 aromatic carbocycles. The predicted molar refractivity (Wildman–Crippen MR) is 138 cm³/mol. The maximum Gasteiger partial charge on any atom is 0.287 e. The highest BCUT2D eigenvalue weighted by Gasteiger charge is 2.47. The van der Waals surface area contributed by atoms with Crippen LogP contribution in [0.15, 0.2) is 38.9 Å². The fourth-order valence-corrected chi connectivity index (χ4v) is 7.54. The van der Waals surface area contributed by atoms with Crippen molar-refractivity contribution >= 4 is 53.9 Å². The van der Waals surface area contributed by atoms with E-state index in [9.17, 15) is 30.8 Å². The van der Waals surface area contributed by atoms with Gasteiger partial charge < -0.3 is 10.2 Å². The number of rotatable bonds is 8. The van der Waals surface area contributed by atoms with Crippen molar-refractivity contribution < 1.29 is 30.8 Å². The topological polar surface area (TPSA) is 142 Å². The number of amidine groups is 1. The van der Waals surface area contributed by atoms with E-state index in [4.69, 9.17) is 0 Å². The molecule has 14 heteroatoms. The van der Waals surface area contributed by atoms with Gasteiger partial charge in [0.25, 0.3) is 10.0 Å². The highest BCUT2D eigenvalue weighted by Crippen LogP contribution is 2.38. The zero-order valence-electron chi connectivity index (χ0n) is 20.4. The molecule has 0 bridgehead atoms. The van der Waals surface area contributed by atoms with E-state index in [2.05, 4.69) is 14.4 Å². The molecule has 0 saturated carbocycles. The van der Waals surface area contributed by atoms with Gasteiger partial charge in [-0.3, -0.25) is 9.59 Å². The van der Waals surface area contributed by atoms with Crippen molar-refractivity contribution in [2.45, 2.75) is 38.3 Å². The van der Waals surface area contributed by atoms with Crippen LogP contribution in [-0.2, 0) is 42.7 Å².